The molecule has 1 aromatic rings. The molecule has 0 saturated carbocycles. The molecule has 0 aliphatic carbocycles. The van der Waals surface area contributed by atoms with Crippen molar-refractivity contribution in [2.75, 3.05) is 11.1 Å². The van der Waals surface area contributed by atoms with Gasteiger partial charge in [-0.2, -0.15) is 0 Å². The average molecular weight is 239 g/mol. The highest BCUT2D eigenvalue weighted by molar-refractivity contribution is 7.91. The van der Waals surface area contributed by atoms with E-state index in [1.165, 1.54) is 12.1 Å². The van der Waals surface area contributed by atoms with Crippen LogP contribution in [0.5, 0.6) is 0 Å². The van der Waals surface area contributed by atoms with Gasteiger partial charge in [-0.1, -0.05) is 19.6 Å². The molecule has 1 aromatic carbocycles. The predicted molar refractivity (Wildman–Crippen MR) is 63.0 cm³/mol. The second-order valence-electron chi connectivity index (χ2n) is 3.12. The van der Waals surface area contributed by atoms with Crippen LogP contribution < -0.4 is 5.32 Å². The van der Waals surface area contributed by atoms with Crippen LogP contribution in [0, 0.1) is 0 Å². The number of nitrogens with one attached hydrogen (secondary N) is 1. The fourth-order valence-electron chi connectivity index (χ4n) is 1.13. The average Bonchev–Trinajstić information content (AvgIpc) is 2.29. The molecular formula is C11H13NO3S. The minimum absolute atomic E-state index is 0.0336. The van der Waals surface area contributed by atoms with Crippen LogP contribution in [-0.4, -0.2) is 20.1 Å². The van der Waals surface area contributed by atoms with Crippen LogP contribution in [-0.2, 0) is 14.6 Å². The van der Waals surface area contributed by atoms with Crippen LogP contribution in [0.2, 0.25) is 0 Å². The Kier molecular flexibility index (Phi) is 3.84. The molecule has 5 heteroatoms. The first-order chi connectivity index (χ1) is 7.49. The number of benzene rings is 1. The Balaban J connectivity index is 3.05. The fraction of sp³-hybridized carbons (Fsp3) is 0.182. The third-order valence-electron chi connectivity index (χ3n) is 2.03. The van der Waals surface area contributed by atoms with Crippen molar-refractivity contribution in [1.82, 2.24) is 0 Å². The highest BCUT2D eigenvalue weighted by atomic mass is 32.2. The lowest BCUT2D eigenvalue weighted by Crippen LogP contribution is -2.09. The Bertz CT molecular complexity index is 506. The van der Waals surface area contributed by atoms with E-state index in [4.69, 9.17) is 0 Å². The van der Waals surface area contributed by atoms with Gasteiger partial charge in [0.2, 0.25) is 5.91 Å². The Morgan fingerprint density at radius 3 is 2.75 bits per heavy atom. The number of carbonyl (C=O) groups excluding carboxylic acids is 1. The third kappa shape index (κ3) is 2.93. The van der Waals surface area contributed by atoms with Crippen molar-refractivity contribution in [3.63, 3.8) is 0 Å². The smallest absolute Gasteiger partial charge is 0.247 e. The van der Waals surface area contributed by atoms with E-state index < -0.39 is 9.84 Å². The van der Waals surface area contributed by atoms with Gasteiger partial charge >= 0.3 is 0 Å². The zero-order chi connectivity index (χ0) is 12.2. The van der Waals surface area contributed by atoms with Gasteiger partial charge < -0.3 is 5.32 Å². The summed E-state index contributed by atoms with van der Waals surface area (Å²) >= 11 is 0. The molecule has 1 N–H and O–H groups in total. The van der Waals surface area contributed by atoms with Gasteiger partial charge in [0, 0.05) is 5.69 Å². The Morgan fingerprint density at radius 2 is 2.19 bits per heavy atom. The standard InChI is InChI=1S/C11H13NO3S/c1-3-11(13)12-9-6-5-7-10(8-9)16(14,15)4-2/h3,5-8H,1,4H2,2H3,(H,12,13). The van der Waals surface area contributed by atoms with Crippen LogP contribution in [0.1, 0.15) is 6.92 Å². The van der Waals surface area contributed by atoms with E-state index >= 15 is 0 Å². The van der Waals surface area contributed by atoms with Crippen molar-refractivity contribution in [2.45, 2.75) is 11.8 Å². The number of amides is 1. The van der Waals surface area contributed by atoms with E-state index in [-0.39, 0.29) is 16.6 Å². The maximum atomic E-state index is 11.6. The lowest BCUT2D eigenvalue weighted by molar-refractivity contribution is -0.111. The number of hydrogen-bond donors (Lipinski definition) is 1. The fourth-order valence-corrected chi connectivity index (χ4v) is 2.05. The summed E-state index contributed by atoms with van der Waals surface area (Å²) in [5.74, 6) is -0.336. The van der Waals surface area contributed by atoms with Gasteiger partial charge in [0.25, 0.3) is 0 Å². The molecule has 0 fully saturated rings. The zero-order valence-corrected chi connectivity index (χ0v) is 9.75. The Labute approximate surface area is 94.9 Å². The molecule has 0 unspecified atom stereocenters. The van der Waals surface area contributed by atoms with Crippen molar-refractivity contribution >= 4 is 21.4 Å². The molecule has 1 amide bonds. The van der Waals surface area contributed by atoms with Crippen molar-refractivity contribution in [1.29, 1.82) is 0 Å². The molecule has 0 spiro atoms. The maximum Gasteiger partial charge on any atom is 0.247 e. The highest BCUT2D eigenvalue weighted by Crippen LogP contribution is 2.16. The molecule has 0 aromatic heterocycles. The van der Waals surface area contributed by atoms with Gasteiger partial charge in [0.05, 0.1) is 10.6 Å². The summed E-state index contributed by atoms with van der Waals surface area (Å²) in [6.45, 7) is 4.89. The first-order valence-electron chi connectivity index (χ1n) is 4.76. The number of hydrogen-bond acceptors (Lipinski definition) is 3. The number of rotatable bonds is 4. The molecule has 1 rings (SSSR count). The van der Waals surface area contributed by atoms with Crippen molar-refractivity contribution < 1.29 is 13.2 Å². The van der Waals surface area contributed by atoms with Crippen LogP contribution >= 0.6 is 0 Å². The summed E-state index contributed by atoms with van der Waals surface area (Å²) in [6, 6.07) is 6.14. The molecule has 0 aliphatic heterocycles. The van der Waals surface area contributed by atoms with Crippen LogP contribution in [0.25, 0.3) is 0 Å². The summed E-state index contributed by atoms with van der Waals surface area (Å²) in [7, 11) is -3.24. The molecule has 0 saturated heterocycles. The lowest BCUT2D eigenvalue weighted by atomic mass is 10.3. The minimum atomic E-state index is -3.24. The molecule has 16 heavy (non-hydrogen) atoms. The SMILES string of the molecule is C=CC(=O)Nc1cccc(S(=O)(=O)CC)c1. The van der Waals surface area contributed by atoms with Crippen molar-refractivity contribution in [2.24, 2.45) is 0 Å². The van der Waals surface area contributed by atoms with Crippen LogP contribution in [0.15, 0.2) is 41.8 Å². The van der Waals surface area contributed by atoms with Gasteiger partial charge in [-0.05, 0) is 24.3 Å². The quantitative estimate of drug-likeness (QED) is 0.812. The number of carbonyl (C=O) groups is 1. The van der Waals surface area contributed by atoms with Gasteiger partial charge in [0.1, 0.15) is 0 Å². The first kappa shape index (κ1) is 12.4. The van der Waals surface area contributed by atoms with Gasteiger partial charge in [-0.25, -0.2) is 8.42 Å². The van der Waals surface area contributed by atoms with Crippen molar-refractivity contribution in [3.8, 4) is 0 Å². The van der Waals surface area contributed by atoms with Gasteiger partial charge in [-0.15, -0.1) is 0 Å². The number of anilines is 1. The largest absolute Gasteiger partial charge is 0.322 e. The molecule has 0 aliphatic rings. The predicted octanol–water partition coefficient (Wildman–Crippen LogP) is 1.60. The van der Waals surface area contributed by atoms with E-state index in [0.717, 1.165) is 6.08 Å². The summed E-state index contributed by atoms with van der Waals surface area (Å²) < 4.78 is 23.2. The van der Waals surface area contributed by atoms with Crippen LogP contribution in [0.4, 0.5) is 5.69 Å². The summed E-state index contributed by atoms with van der Waals surface area (Å²) in [5.41, 5.74) is 0.444. The molecule has 0 bridgehead atoms. The highest BCUT2D eigenvalue weighted by Gasteiger charge is 2.11. The van der Waals surface area contributed by atoms with E-state index in [1.807, 2.05) is 0 Å². The molecule has 86 valence electrons. The third-order valence-corrected chi connectivity index (χ3v) is 3.76. The molecular weight excluding hydrogens is 226 g/mol. The van der Waals surface area contributed by atoms with Crippen molar-refractivity contribution in [3.05, 3.63) is 36.9 Å². The van der Waals surface area contributed by atoms with Crippen LogP contribution in [0.3, 0.4) is 0 Å². The topological polar surface area (TPSA) is 63.2 Å². The normalized spacial score (nSPS) is 10.8. The Morgan fingerprint density at radius 1 is 1.50 bits per heavy atom. The summed E-state index contributed by atoms with van der Waals surface area (Å²) in [5, 5.41) is 2.51. The second kappa shape index (κ2) is 4.94. The monoisotopic (exact) mass is 239 g/mol. The van der Waals surface area contributed by atoms with E-state index in [0.29, 0.717) is 5.69 Å². The van der Waals surface area contributed by atoms with E-state index in [9.17, 15) is 13.2 Å². The maximum absolute atomic E-state index is 11.6. The molecule has 0 atom stereocenters. The number of sulfone groups is 1. The second-order valence-corrected chi connectivity index (χ2v) is 5.40. The van der Waals surface area contributed by atoms with Gasteiger partial charge in [0.15, 0.2) is 9.84 Å². The summed E-state index contributed by atoms with van der Waals surface area (Å²) in [6.07, 6.45) is 1.13. The molecule has 0 radical (unpaired) electrons. The zero-order valence-electron chi connectivity index (χ0n) is 8.93. The van der Waals surface area contributed by atoms with E-state index in [1.54, 1.807) is 19.1 Å². The molecule has 0 heterocycles. The molecule has 4 nitrogen and oxygen atoms in total. The lowest BCUT2D eigenvalue weighted by Gasteiger charge is -2.05. The van der Waals surface area contributed by atoms with Gasteiger partial charge in [-0.3, -0.25) is 4.79 Å². The summed E-state index contributed by atoms with van der Waals surface area (Å²) in [4.78, 5) is 11.2. The first-order valence-corrected chi connectivity index (χ1v) is 6.41. The minimum Gasteiger partial charge on any atom is -0.322 e. The van der Waals surface area contributed by atoms with E-state index in [2.05, 4.69) is 11.9 Å². The Hall–Kier alpha value is -1.62.